The minimum absolute atomic E-state index is 0.322. The molecule has 8 nitrogen and oxygen atoms in total. The molecule has 1 atom stereocenters. The van der Waals surface area contributed by atoms with E-state index in [9.17, 15) is 14.7 Å². The normalized spacial score (nSPS) is 11.3. The van der Waals surface area contributed by atoms with Gasteiger partial charge in [-0.3, -0.25) is 4.79 Å². The average molecular weight is 601 g/mol. The number of hydrogen-bond donors (Lipinski definition) is 5. The summed E-state index contributed by atoms with van der Waals surface area (Å²) in [7, 11) is 0. The summed E-state index contributed by atoms with van der Waals surface area (Å²) in [6.07, 6.45) is 0.510. The second-order valence-electron chi connectivity index (χ2n) is 10.5. The van der Waals surface area contributed by atoms with Crippen LogP contribution in [0.3, 0.4) is 0 Å². The van der Waals surface area contributed by atoms with Crippen LogP contribution in [0.25, 0.3) is 11.1 Å². The standard InChI is InChI=1S/C37H36N4O4/c42-26-39-34-23-30(18-19-36(34)45-25-28-10-3-1-4-11-28)35(43)24-38-21-20-27-12-9-15-31(22-27)40-37(44)41-33-17-8-7-16-32(33)29-13-5-2-6-14-29/h1-19,22-23,26,35,38,43H,20-21,24-25H2,(H,39,42)(H2,40,41,44)/t35-/m1/s1. The largest absolute Gasteiger partial charge is 0.487 e. The molecule has 0 aromatic heterocycles. The Morgan fingerprint density at radius 2 is 1.49 bits per heavy atom. The van der Waals surface area contributed by atoms with Gasteiger partial charge < -0.3 is 31.1 Å². The Morgan fingerprint density at radius 1 is 0.756 bits per heavy atom. The van der Waals surface area contributed by atoms with E-state index in [4.69, 9.17) is 4.74 Å². The molecule has 45 heavy (non-hydrogen) atoms. The number of anilines is 3. The van der Waals surface area contributed by atoms with Gasteiger partial charge in [0.1, 0.15) is 12.4 Å². The van der Waals surface area contributed by atoms with E-state index < -0.39 is 6.10 Å². The van der Waals surface area contributed by atoms with Crippen molar-refractivity contribution < 1.29 is 19.4 Å². The summed E-state index contributed by atoms with van der Waals surface area (Å²) in [6.45, 7) is 1.31. The smallest absolute Gasteiger partial charge is 0.323 e. The Hall–Kier alpha value is -5.44. The molecule has 0 radical (unpaired) electrons. The third kappa shape index (κ3) is 9.03. The molecule has 0 aliphatic heterocycles. The van der Waals surface area contributed by atoms with Crippen molar-refractivity contribution in [2.75, 3.05) is 29.0 Å². The number of para-hydroxylation sites is 1. The van der Waals surface area contributed by atoms with Crippen LogP contribution in [-0.2, 0) is 17.8 Å². The van der Waals surface area contributed by atoms with Crippen LogP contribution in [0.2, 0.25) is 0 Å². The number of urea groups is 1. The predicted molar refractivity (Wildman–Crippen MR) is 179 cm³/mol. The summed E-state index contributed by atoms with van der Waals surface area (Å²) >= 11 is 0. The lowest BCUT2D eigenvalue weighted by atomic mass is 10.0. The number of benzene rings is 5. The van der Waals surface area contributed by atoms with Crippen molar-refractivity contribution in [3.8, 4) is 16.9 Å². The average Bonchev–Trinajstić information content (AvgIpc) is 3.07. The van der Waals surface area contributed by atoms with E-state index in [2.05, 4.69) is 21.3 Å². The minimum atomic E-state index is -0.782. The van der Waals surface area contributed by atoms with Gasteiger partial charge in [-0.05, 0) is 65.6 Å². The highest BCUT2D eigenvalue weighted by molar-refractivity contribution is 6.02. The Balaban J connectivity index is 1.10. The van der Waals surface area contributed by atoms with Crippen molar-refractivity contribution in [3.63, 3.8) is 0 Å². The van der Waals surface area contributed by atoms with Crippen LogP contribution in [0.1, 0.15) is 22.8 Å². The van der Waals surface area contributed by atoms with Gasteiger partial charge in [0.25, 0.3) is 0 Å². The Labute approximate surface area is 263 Å². The van der Waals surface area contributed by atoms with E-state index in [-0.39, 0.29) is 6.03 Å². The molecule has 5 aromatic rings. The van der Waals surface area contributed by atoms with E-state index in [1.807, 2.05) is 109 Å². The van der Waals surface area contributed by atoms with Crippen LogP contribution in [0.5, 0.6) is 5.75 Å². The van der Waals surface area contributed by atoms with Gasteiger partial charge in [-0.15, -0.1) is 0 Å². The molecular formula is C37H36N4O4. The fraction of sp³-hybridized carbons (Fsp3) is 0.135. The van der Waals surface area contributed by atoms with E-state index in [0.29, 0.717) is 55.2 Å². The molecule has 5 rings (SSSR count). The highest BCUT2D eigenvalue weighted by Gasteiger charge is 2.13. The maximum atomic E-state index is 12.8. The third-order valence-corrected chi connectivity index (χ3v) is 7.21. The molecule has 0 saturated carbocycles. The van der Waals surface area contributed by atoms with Gasteiger partial charge >= 0.3 is 6.03 Å². The van der Waals surface area contributed by atoms with Crippen molar-refractivity contribution in [3.05, 3.63) is 144 Å². The summed E-state index contributed by atoms with van der Waals surface area (Å²) in [5.41, 5.74) is 6.58. The molecular weight excluding hydrogens is 564 g/mol. The summed E-state index contributed by atoms with van der Waals surface area (Å²) < 4.78 is 5.90. The van der Waals surface area contributed by atoms with Crippen LogP contribution in [0.4, 0.5) is 21.9 Å². The molecule has 0 bridgehead atoms. The number of aliphatic hydroxyl groups is 1. The maximum Gasteiger partial charge on any atom is 0.323 e. The highest BCUT2D eigenvalue weighted by atomic mass is 16.5. The summed E-state index contributed by atoms with van der Waals surface area (Å²) in [5.74, 6) is 0.525. The molecule has 0 spiro atoms. The van der Waals surface area contributed by atoms with Gasteiger partial charge in [-0.25, -0.2) is 4.79 Å². The lowest BCUT2D eigenvalue weighted by Gasteiger charge is -2.16. The number of amides is 3. The Kier molecular flexibility index (Phi) is 10.9. The van der Waals surface area contributed by atoms with Crippen LogP contribution in [0.15, 0.2) is 127 Å². The van der Waals surface area contributed by atoms with Crippen LogP contribution in [0, 0.1) is 0 Å². The van der Waals surface area contributed by atoms with Crippen LogP contribution in [-0.4, -0.2) is 30.6 Å². The first kappa shape index (κ1) is 31.0. The fourth-order valence-electron chi connectivity index (χ4n) is 4.93. The molecule has 0 aliphatic rings. The molecule has 8 heteroatoms. The fourth-order valence-corrected chi connectivity index (χ4v) is 4.93. The number of hydrogen-bond acceptors (Lipinski definition) is 5. The van der Waals surface area contributed by atoms with Crippen LogP contribution >= 0.6 is 0 Å². The second kappa shape index (κ2) is 15.9. The first-order valence-corrected chi connectivity index (χ1v) is 14.8. The van der Waals surface area contributed by atoms with Crippen molar-refractivity contribution in [1.29, 1.82) is 0 Å². The van der Waals surface area contributed by atoms with Gasteiger partial charge in [-0.2, -0.15) is 0 Å². The van der Waals surface area contributed by atoms with Gasteiger partial charge in [0.2, 0.25) is 6.41 Å². The molecule has 228 valence electrons. The van der Waals surface area contributed by atoms with Gasteiger partial charge in [-0.1, -0.05) is 97.1 Å². The van der Waals surface area contributed by atoms with Gasteiger partial charge in [0.05, 0.1) is 17.5 Å². The molecule has 5 aromatic carbocycles. The number of aliphatic hydroxyl groups excluding tert-OH is 1. The Morgan fingerprint density at radius 3 is 2.29 bits per heavy atom. The zero-order valence-electron chi connectivity index (χ0n) is 24.8. The second-order valence-corrected chi connectivity index (χ2v) is 10.5. The minimum Gasteiger partial charge on any atom is -0.487 e. The monoisotopic (exact) mass is 600 g/mol. The summed E-state index contributed by atoms with van der Waals surface area (Å²) in [6, 6.07) is 40.0. The van der Waals surface area contributed by atoms with Gasteiger partial charge in [0, 0.05) is 17.8 Å². The number of carbonyl (C=O) groups is 2. The van der Waals surface area contributed by atoms with E-state index in [1.54, 1.807) is 18.2 Å². The topological polar surface area (TPSA) is 112 Å². The molecule has 0 saturated heterocycles. The molecule has 5 N–H and O–H groups in total. The summed E-state index contributed by atoms with van der Waals surface area (Å²) in [4.78, 5) is 24.0. The molecule has 0 unspecified atom stereocenters. The maximum absolute atomic E-state index is 12.8. The van der Waals surface area contributed by atoms with E-state index in [0.717, 1.165) is 27.9 Å². The highest BCUT2D eigenvalue weighted by Crippen LogP contribution is 2.29. The molecule has 0 fully saturated rings. The molecule has 0 aliphatic carbocycles. The quantitative estimate of drug-likeness (QED) is 0.0696. The van der Waals surface area contributed by atoms with Crippen molar-refractivity contribution in [2.24, 2.45) is 0 Å². The van der Waals surface area contributed by atoms with Crippen LogP contribution < -0.4 is 26.0 Å². The lowest BCUT2D eigenvalue weighted by molar-refractivity contribution is -0.105. The number of nitrogens with one attached hydrogen (secondary N) is 4. The lowest BCUT2D eigenvalue weighted by Crippen LogP contribution is -2.24. The number of carbonyl (C=O) groups excluding carboxylic acids is 2. The number of ether oxygens (including phenoxy) is 1. The molecule has 0 heterocycles. The summed E-state index contributed by atoms with van der Waals surface area (Å²) in [5, 5.41) is 22.6. The zero-order valence-corrected chi connectivity index (χ0v) is 24.8. The first-order chi connectivity index (χ1) is 22.1. The number of rotatable bonds is 14. The predicted octanol–water partition coefficient (Wildman–Crippen LogP) is 7.01. The Bertz CT molecular complexity index is 1700. The SMILES string of the molecule is O=CNc1cc([C@H](O)CNCCc2cccc(NC(=O)Nc3ccccc3-c3ccccc3)c2)ccc1OCc1ccccc1. The molecule has 3 amide bonds. The third-order valence-electron chi connectivity index (χ3n) is 7.21. The zero-order chi connectivity index (χ0) is 31.3. The van der Waals surface area contributed by atoms with Gasteiger partial charge in [0.15, 0.2) is 0 Å². The van der Waals surface area contributed by atoms with Crippen molar-refractivity contribution in [2.45, 2.75) is 19.1 Å². The van der Waals surface area contributed by atoms with Crippen molar-refractivity contribution in [1.82, 2.24) is 5.32 Å². The van der Waals surface area contributed by atoms with E-state index >= 15 is 0 Å². The van der Waals surface area contributed by atoms with Crippen molar-refractivity contribution >= 4 is 29.5 Å². The first-order valence-electron chi connectivity index (χ1n) is 14.8. The van der Waals surface area contributed by atoms with E-state index in [1.165, 1.54) is 0 Å².